The second kappa shape index (κ2) is 9.56. The quantitative estimate of drug-likeness (QED) is 0.729. The summed E-state index contributed by atoms with van der Waals surface area (Å²) in [5, 5.41) is 6.40. The number of rotatable bonds is 9. The zero-order chi connectivity index (χ0) is 15.7. The lowest BCUT2D eigenvalue weighted by Gasteiger charge is -2.16. The number of amides is 1. The van der Waals surface area contributed by atoms with Crippen LogP contribution in [0.2, 0.25) is 0 Å². The monoisotopic (exact) mass is 290 g/mol. The number of nitrogens with one attached hydrogen (secondary N) is 2. The minimum absolute atomic E-state index is 0.127. The third-order valence-corrected chi connectivity index (χ3v) is 3.84. The summed E-state index contributed by atoms with van der Waals surface area (Å²) in [5.41, 5.74) is 2.67. The van der Waals surface area contributed by atoms with E-state index < -0.39 is 0 Å². The molecule has 1 rings (SSSR count). The van der Waals surface area contributed by atoms with Gasteiger partial charge in [-0.25, -0.2) is 0 Å². The first kappa shape index (κ1) is 17.7. The highest BCUT2D eigenvalue weighted by molar-refractivity contribution is 5.76. The van der Waals surface area contributed by atoms with Crippen LogP contribution in [0.15, 0.2) is 24.3 Å². The molecule has 2 N–H and O–H groups in total. The van der Waals surface area contributed by atoms with E-state index in [1.165, 1.54) is 17.5 Å². The maximum Gasteiger partial charge on any atom is 0.221 e. The highest BCUT2D eigenvalue weighted by Gasteiger charge is 2.08. The van der Waals surface area contributed by atoms with Crippen LogP contribution >= 0.6 is 0 Å². The fourth-order valence-corrected chi connectivity index (χ4v) is 2.23. The summed E-state index contributed by atoms with van der Waals surface area (Å²) >= 11 is 0. The maximum absolute atomic E-state index is 11.7. The topological polar surface area (TPSA) is 41.1 Å². The van der Waals surface area contributed by atoms with E-state index in [9.17, 15) is 4.79 Å². The molecule has 0 saturated heterocycles. The first-order chi connectivity index (χ1) is 10.1. The molecule has 0 radical (unpaired) electrons. The Kier molecular flexibility index (Phi) is 8.06. The van der Waals surface area contributed by atoms with Crippen LogP contribution in [-0.4, -0.2) is 18.5 Å². The van der Waals surface area contributed by atoms with Crippen LogP contribution in [0.1, 0.15) is 64.1 Å². The molecule has 0 aliphatic carbocycles. The molecular weight excluding hydrogens is 260 g/mol. The molecular formula is C18H30N2O. The molecule has 0 heterocycles. The van der Waals surface area contributed by atoms with Crippen LogP contribution < -0.4 is 10.6 Å². The van der Waals surface area contributed by atoms with Crippen molar-refractivity contribution >= 4 is 5.91 Å². The first-order valence-corrected chi connectivity index (χ1v) is 8.18. The van der Waals surface area contributed by atoms with Gasteiger partial charge in [0.2, 0.25) is 5.91 Å². The van der Waals surface area contributed by atoms with Crippen molar-refractivity contribution < 1.29 is 4.79 Å². The molecule has 21 heavy (non-hydrogen) atoms. The lowest BCUT2D eigenvalue weighted by atomic mass is 10.0. The lowest BCUT2D eigenvalue weighted by molar-refractivity contribution is -0.121. The van der Waals surface area contributed by atoms with E-state index in [0.717, 1.165) is 12.8 Å². The molecule has 1 aromatic rings. The molecule has 3 heteroatoms. The van der Waals surface area contributed by atoms with E-state index in [4.69, 9.17) is 0 Å². The van der Waals surface area contributed by atoms with Gasteiger partial charge in [0.05, 0.1) is 0 Å². The van der Waals surface area contributed by atoms with Gasteiger partial charge in [-0.05, 0) is 37.8 Å². The predicted molar refractivity (Wildman–Crippen MR) is 89.4 cm³/mol. The van der Waals surface area contributed by atoms with Crippen molar-refractivity contribution in [1.29, 1.82) is 0 Å². The zero-order valence-electron chi connectivity index (χ0n) is 13.9. The van der Waals surface area contributed by atoms with Crippen LogP contribution in [0.25, 0.3) is 0 Å². The van der Waals surface area contributed by atoms with Gasteiger partial charge in [0.1, 0.15) is 0 Å². The molecule has 0 saturated carbocycles. The van der Waals surface area contributed by atoms with Gasteiger partial charge in [0.25, 0.3) is 0 Å². The summed E-state index contributed by atoms with van der Waals surface area (Å²) in [6.07, 6.45) is 3.82. The normalized spacial score (nSPS) is 13.7. The molecule has 2 unspecified atom stereocenters. The van der Waals surface area contributed by atoms with Crippen LogP contribution in [0.4, 0.5) is 0 Å². The zero-order valence-corrected chi connectivity index (χ0v) is 13.9. The Morgan fingerprint density at radius 2 is 1.81 bits per heavy atom. The van der Waals surface area contributed by atoms with E-state index in [1.54, 1.807) is 0 Å². The number of hydrogen-bond acceptors (Lipinski definition) is 2. The standard InChI is InChI=1S/C18H30N2O/c1-5-7-16-8-10-17(11-9-16)15(4)19-13-12-18(21)20-14(3)6-2/h8-11,14-15,19H,5-7,12-13H2,1-4H3,(H,20,21). The Hall–Kier alpha value is -1.35. The van der Waals surface area contributed by atoms with Crippen molar-refractivity contribution in [3.05, 3.63) is 35.4 Å². The number of carbonyl (C=O) groups is 1. The Morgan fingerprint density at radius 1 is 1.14 bits per heavy atom. The van der Waals surface area contributed by atoms with Crippen LogP contribution in [0, 0.1) is 0 Å². The first-order valence-electron chi connectivity index (χ1n) is 8.18. The van der Waals surface area contributed by atoms with Crippen molar-refractivity contribution in [3.63, 3.8) is 0 Å². The highest BCUT2D eigenvalue weighted by Crippen LogP contribution is 2.14. The predicted octanol–water partition coefficient (Wildman–Crippen LogP) is 3.59. The maximum atomic E-state index is 11.7. The second-order valence-corrected chi connectivity index (χ2v) is 5.79. The number of aryl methyl sites for hydroxylation is 1. The molecule has 0 spiro atoms. The summed E-state index contributed by atoms with van der Waals surface area (Å²) in [6.45, 7) is 9.16. The van der Waals surface area contributed by atoms with Gasteiger partial charge in [0, 0.05) is 25.0 Å². The van der Waals surface area contributed by atoms with Gasteiger partial charge < -0.3 is 10.6 Å². The molecule has 0 fully saturated rings. The average molecular weight is 290 g/mol. The molecule has 2 atom stereocenters. The Balaban J connectivity index is 2.33. The van der Waals surface area contributed by atoms with Crippen molar-refractivity contribution in [2.45, 2.75) is 65.5 Å². The summed E-state index contributed by atoms with van der Waals surface area (Å²) < 4.78 is 0. The molecule has 1 aromatic carbocycles. The lowest BCUT2D eigenvalue weighted by Crippen LogP contribution is -2.34. The van der Waals surface area contributed by atoms with E-state index in [-0.39, 0.29) is 18.0 Å². The van der Waals surface area contributed by atoms with Gasteiger partial charge >= 0.3 is 0 Å². The number of benzene rings is 1. The average Bonchev–Trinajstić information content (AvgIpc) is 2.48. The number of carbonyl (C=O) groups excluding carboxylic acids is 1. The van der Waals surface area contributed by atoms with E-state index in [0.29, 0.717) is 13.0 Å². The fourth-order valence-electron chi connectivity index (χ4n) is 2.23. The smallest absolute Gasteiger partial charge is 0.221 e. The van der Waals surface area contributed by atoms with Crippen LogP contribution in [0.5, 0.6) is 0 Å². The van der Waals surface area contributed by atoms with Gasteiger partial charge in [-0.1, -0.05) is 44.5 Å². The Bertz CT molecular complexity index is 414. The fraction of sp³-hybridized carbons (Fsp3) is 0.611. The molecule has 1 amide bonds. The van der Waals surface area contributed by atoms with E-state index in [1.807, 2.05) is 6.92 Å². The molecule has 118 valence electrons. The SMILES string of the molecule is CCCc1ccc(C(C)NCCC(=O)NC(C)CC)cc1. The van der Waals surface area contributed by atoms with Crippen LogP contribution in [-0.2, 0) is 11.2 Å². The Labute approximate surface area is 129 Å². The molecule has 0 aliphatic heterocycles. The van der Waals surface area contributed by atoms with Crippen molar-refractivity contribution in [2.24, 2.45) is 0 Å². The largest absolute Gasteiger partial charge is 0.354 e. The molecule has 0 aromatic heterocycles. The summed E-state index contributed by atoms with van der Waals surface area (Å²) in [5.74, 6) is 0.127. The van der Waals surface area contributed by atoms with Gasteiger partial charge in [0.15, 0.2) is 0 Å². The summed E-state index contributed by atoms with van der Waals surface area (Å²) in [6, 6.07) is 9.31. The third-order valence-electron chi connectivity index (χ3n) is 3.84. The van der Waals surface area contributed by atoms with Crippen molar-refractivity contribution in [1.82, 2.24) is 10.6 Å². The van der Waals surface area contributed by atoms with Gasteiger partial charge in [-0.15, -0.1) is 0 Å². The van der Waals surface area contributed by atoms with E-state index >= 15 is 0 Å². The van der Waals surface area contributed by atoms with E-state index in [2.05, 4.69) is 55.7 Å². The molecule has 0 bridgehead atoms. The number of hydrogen-bond donors (Lipinski definition) is 2. The van der Waals surface area contributed by atoms with Gasteiger partial charge in [-0.2, -0.15) is 0 Å². The molecule has 3 nitrogen and oxygen atoms in total. The highest BCUT2D eigenvalue weighted by atomic mass is 16.1. The Morgan fingerprint density at radius 3 is 2.38 bits per heavy atom. The summed E-state index contributed by atoms with van der Waals surface area (Å²) in [7, 11) is 0. The minimum Gasteiger partial charge on any atom is -0.354 e. The molecule has 0 aliphatic rings. The van der Waals surface area contributed by atoms with Crippen molar-refractivity contribution in [2.75, 3.05) is 6.54 Å². The van der Waals surface area contributed by atoms with Gasteiger partial charge in [-0.3, -0.25) is 4.79 Å². The van der Waals surface area contributed by atoms with Crippen molar-refractivity contribution in [3.8, 4) is 0 Å². The summed E-state index contributed by atoms with van der Waals surface area (Å²) in [4.78, 5) is 11.7. The third kappa shape index (κ3) is 6.76. The van der Waals surface area contributed by atoms with Crippen LogP contribution in [0.3, 0.4) is 0 Å². The second-order valence-electron chi connectivity index (χ2n) is 5.79. The minimum atomic E-state index is 0.127.